The zero-order chi connectivity index (χ0) is 26.5. The van der Waals surface area contributed by atoms with E-state index in [0.717, 1.165) is 22.0 Å². The lowest BCUT2D eigenvalue weighted by Gasteiger charge is -2.37. The fraction of sp³-hybridized carbons (Fsp3) is 0.345. The van der Waals surface area contributed by atoms with E-state index < -0.39 is 12.0 Å². The number of aliphatic imine (C=N–C) groups is 1. The van der Waals surface area contributed by atoms with Gasteiger partial charge in [-0.15, -0.1) is 0 Å². The number of benzene rings is 2. The summed E-state index contributed by atoms with van der Waals surface area (Å²) in [7, 11) is 1.38. The van der Waals surface area contributed by atoms with Crippen LogP contribution in [0.5, 0.6) is 5.75 Å². The van der Waals surface area contributed by atoms with Crippen molar-refractivity contribution in [1.82, 2.24) is 9.80 Å². The molecule has 5 rings (SSSR count). The number of amidine groups is 1. The number of rotatable bonds is 8. The number of nitrogens with zero attached hydrogens (tertiary/aromatic N) is 3. The Hall–Kier alpha value is -3.56. The van der Waals surface area contributed by atoms with Gasteiger partial charge in [-0.3, -0.25) is 4.79 Å². The fourth-order valence-corrected chi connectivity index (χ4v) is 5.76. The second-order valence-corrected chi connectivity index (χ2v) is 9.95. The topological polar surface area (TPSA) is 80.7 Å². The Labute approximate surface area is 226 Å². The van der Waals surface area contributed by atoms with Crippen LogP contribution < -0.4 is 4.74 Å². The predicted octanol–water partition coefficient (Wildman–Crippen LogP) is 4.65. The molecule has 0 radical (unpaired) electrons. The van der Waals surface area contributed by atoms with Crippen molar-refractivity contribution in [2.45, 2.75) is 32.4 Å². The van der Waals surface area contributed by atoms with E-state index in [1.54, 1.807) is 0 Å². The molecule has 8 nitrogen and oxygen atoms in total. The van der Waals surface area contributed by atoms with Crippen molar-refractivity contribution in [3.05, 3.63) is 88.1 Å². The molecule has 38 heavy (non-hydrogen) atoms. The van der Waals surface area contributed by atoms with E-state index in [1.165, 1.54) is 18.9 Å². The first kappa shape index (κ1) is 26.1. The molecule has 0 aliphatic carbocycles. The first-order chi connectivity index (χ1) is 18.6. The number of fused-ring (bicyclic) bond motifs is 1. The van der Waals surface area contributed by atoms with Gasteiger partial charge in [-0.25, -0.2) is 9.79 Å². The van der Waals surface area contributed by atoms with Crippen LogP contribution in [0.4, 0.5) is 0 Å². The Kier molecular flexibility index (Phi) is 8.14. The fourth-order valence-electron chi connectivity index (χ4n) is 4.82. The predicted molar refractivity (Wildman–Crippen MR) is 146 cm³/mol. The Balaban J connectivity index is 1.47. The number of morpholine rings is 1. The molecule has 9 heteroatoms. The van der Waals surface area contributed by atoms with Crippen LogP contribution in [0.2, 0.25) is 0 Å². The van der Waals surface area contributed by atoms with Gasteiger partial charge in [0.05, 0.1) is 44.1 Å². The van der Waals surface area contributed by atoms with Crippen LogP contribution in [-0.2, 0) is 25.7 Å². The molecule has 1 fully saturated rings. The summed E-state index contributed by atoms with van der Waals surface area (Å²) < 4.78 is 16.7. The molecule has 3 aliphatic rings. The summed E-state index contributed by atoms with van der Waals surface area (Å²) in [6, 6.07) is 17.2. The standard InChI is InChI=1S/C29H31N3O5S/c1-3-24-26(28(34)35-2)27(21-10-7-11-23(16-21)37-18-20-8-5-4-6-9-20)32-22(19-38-29(32)30-24)17-25(33)31-12-14-36-15-13-31/h4-11,16,19,27H,3,12-15,17-18H2,1-2H3/t27-/m1/s1. The summed E-state index contributed by atoms with van der Waals surface area (Å²) >= 11 is 1.47. The highest BCUT2D eigenvalue weighted by molar-refractivity contribution is 8.16. The first-order valence-electron chi connectivity index (χ1n) is 12.8. The number of hydrogen-bond acceptors (Lipinski definition) is 8. The molecular weight excluding hydrogens is 502 g/mol. The molecule has 198 valence electrons. The summed E-state index contributed by atoms with van der Waals surface area (Å²) in [5.41, 5.74) is 3.90. The van der Waals surface area contributed by atoms with Crippen LogP contribution >= 0.6 is 11.8 Å². The third-order valence-corrected chi connectivity index (χ3v) is 7.64. The molecule has 1 atom stereocenters. The maximum absolute atomic E-state index is 13.2. The normalized spacial score (nSPS) is 19.1. The molecule has 0 spiro atoms. The van der Waals surface area contributed by atoms with Gasteiger partial charge in [0.1, 0.15) is 12.4 Å². The number of hydrogen-bond donors (Lipinski definition) is 0. The Morgan fingerprint density at radius 1 is 1.11 bits per heavy atom. The lowest BCUT2D eigenvalue weighted by atomic mass is 9.92. The second-order valence-electron chi connectivity index (χ2n) is 9.12. The second kappa shape index (κ2) is 11.9. The number of thioether (sulfide) groups is 1. The summed E-state index contributed by atoms with van der Waals surface area (Å²) in [5, 5.41) is 2.72. The number of carbonyl (C=O) groups excluding carboxylic acids is 2. The van der Waals surface area contributed by atoms with Gasteiger partial charge >= 0.3 is 5.97 Å². The van der Waals surface area contributed by atoms with Crippen LogP contribution in [0, 0.1) is 0 Å². The van der Waals surface area contributed by atoms with Crippen molar-refractivity contribution in [1.29, 1.82) is 0 Å². The summed E-state index contributed by atoms with van der Waals surface area (Å²) in [6.45, 7) is 4.66. The Morgan fingerprint density at radius 3 is 2.63 bits per heavy atom. The number of carbonyl (C=O) groups is 2. The minimum absolute atomic E-state index is 0.0324. The summed E-state index contributed by atoms with van der Waals surface area (Å²) in [6.07, 6.45) is 0.785. The Morgan fingerprint density at radius 2 is 1.89 bits per heavy atom. The number of amides is 1. The highest BCUT2D eigenvalue weighted by Crippen LogP contribution is 2.46. The van der Waals surface area contributed by atoms with Crippen molar-refractivity contribution in [3.8, 4) is 5.75 Å². The molecule has 2 aromatic carbocycles. The molecular formula is C29H31N3O5S. The van der Waals surface area contributed by atoms with E-state index in [2.05, 4.69) is 0 Å². The van der Waals surface area contributed by atoms with E-state index in [0.29, 0.717) is 56.4 Å². The van der Waals surface area contributed by atoms with Crippen molar-refractivity contribution in [2.24, 2.45) is 4.99 Å². The SMILES string of the molecule is CCC1=C(C(=O)OC)[C@@H](c2cccc(OCc3ccccc3)c2)N2C(CC(=O)N3CCOCC3)=CSC2=N1. The minimum atomic E-state index is -0.496. The quantitative estimate of drug-likeness (QED) is 0.457. The van der Waals surface area contributed by atoms with Crippen LogP contribution in [0.15, 0.2) is 82.0 Å². The van der Waals surface area contributed by atoms with Crippen molar-refractivity contribution < 1.29 is 23.8 Å². The largest absolute Gasteiger partial charge is 0.489 e. The van der Waals surface area contributed by atoms with E-state index in [4.69, 9.17) is 19.2 Å². The van der Waals surface area contributed by atoms with Gasteiger partial charge in [-0.05, 0) is 35.1 Å². The van der Waals surface area contributed by atoms with Gasteiger partial charge in [0.15, 0.2) is 5.17 Å². The van der Waals surface area contributed by atoms with E-state index in [1.807, 2.05) is 76.7 Å². The molecule has 1 amide bonds. The van der Waals surface area contributed by atoms with Crippen molar-refractivity contribution >= 4 is 28.8 Å². The zero-order valence-corrected chi connectivity index (χ0v) is 22.4. The average Bonchev–Trinajstić information content (AvgIpc) is 3.37. The average molecular weight is 534 g/mol. The van der Waals surface area contributed by atoms with Gasteiger partial charge < -0.3 is 24.0 Å². The molecule has 3 aliphatic heterocycles. The Bertz CT molecular complexity index is 1280. The van der Waals surface area contributed by atoms with Crippen molar-refractivity contribution in [3.63, 3.8) is 0 Å². The van der Waals surface area contributed by atoms with Crippen LogP contribution in [0.3, 0.4) is 0 Å². The van der Waals surface area contributed by atoms with Gasteiger partial charge in [0.2, 0.25) is 5.91 Å². The first-order valence-corrected chi connectivity index (χ1v) is 13.6. The number of allylic oxidation sites excluding steroid dienone is 1. The van der Waals surface area contributed by atoms with E-state index in [-0.39, 0.29) is 12.3 Å². The van der Waals surface area contributed by atoms with Gasteiger partial charge in [-0.2, -0.15) is 0 Å². The van der Waals surface area contributed by atoms with Crippen LogP contribution in [0.1, 0.15) is 36.9 Å². The van der Waals surface area contributed by atoms with Gasteiger partial charge in [0.25, 0.3) is 0 Å². The maximum atomic E-state index is 13.2. The summed E-state index contributed by atoms with van der Waals surface area (Å²) in [5.74, 6) is 0.297. The highest BCUT2D eigenvalue weighted by Gasteiger charge is 2.42. The third kappa shape index (κ3) is 5.49. The third-order valence-electron chi connectivity index (χ3n) is 6.75. The monoisotopic (exact) mass is 533 g/mol. The minimum Gasteiger partial charge on any atom is -0.489 e. The molecule has 0 N–H and O–H groups in total. The molecule has 0 aromatic heterocycles. The maximum Gasteiger partial charge on any atom is 0.338 e. The molecule has 0 saturated carbocycles. The van der Waals surface area contributed by atoms with E-state index >= 15 is 0 Å². The molecule has 1 saturated heterocycles. The summed E-state index contributed by atoms with van der Waals surface area (Å²) in [4.78, 5) is 35.0. The van der Waals surface area contributed by atoms with Crippen molar-refractivity contribution in [2.75, 3.05) is 33.4 Å². The molecule has 2 aromatic rings. The lowest BCUT2D eigenvalue weighted by Crippen LogP contribution is -2.42. The zero-order valence-electron chi connectivity index (χ0n) is 21.6. The smallest absolute Gasteiger partial charge is 0.338 e. The van der Waals surface area contributed by atoms with Gasteiger partial charge in [0, 0.05) is 18.8 Å². The number of methoxy groups -OCH3 is 1. The molecule has 3 heterocycles. The van der Waals surface area contributed by atoms with E-state index in [9.17, 15) is 9.59 Å². The number of ether oxygens (including phenoxy) is 3. The molecule has 0 bridgehead atoms. The van der Waals surface area contributed by atoms with Gasteiger partial charge in [-0.1, -0.05) is 61.2 Å². The molecule has 0 unspecified atom stereocenters. The van der Waals surface area contributed by atoms with Crippen LogP contribution in [-0.4, -0.2) is 60.3 Å². The lowest BCUT2D eigenvalue weighted by molar-refractivity contribution is -0.136. The number of esters is 1. The highest BCUT2D eigenvalue weighted by atomic mass is 32.2. The van der Waals surface area contributed by atoms with Crippen LogP contribution in [0.25, 0.3) is 0 Å².